The molecule has 0 atom stereocenters. The lowest BCUT2D eigenvalue weighted by Crippen LogP contribution is -1.98. The van der Waals surface area contributed by atoms with Crippen molar-refractivity contribution in [3.8, 4) is 0 Å². The van der Waals surface area contributed by atoms with Crippen molar-refractivity contribution in [3.05, 3.63) is 23.8 Å². The molecule has 74 valence electrons. The van der Waals surface area contributed by atoms with Gasteiger partial charge in [0.2, 0.25) is 15.0 Å². The molecule has 14 heavy (non-hydrogen) atoms. The van der Waals surface area contributed by atoms with E-state index in [1.165, 1.54) is 0 Å². The number of rotatable bonds is 1. The lowest BCUT2D eigenvalue weighted by atomic mass is 10.2. The quantitative estimate of drug-likeness (QED) is 0.771. The number of nitrogens with zero attached hydrogens (tertiary/aromatic N) is 1. The summed E-state index contributed by atoms with van der Waals surface area (Å²) in [6, 6.07) is 5.57. The van der Waals surface area contributed by atoms with Crippen molar-refractivity contribution in [2.24, 2.45) is 0 Å². The van der Waals surface area contributed by atoms with E-state index in [1.54, 1.807) is 6.07 Å². The van der Waals surface area contributed by atoms with Crippen molar-refractivity contribution in [2.45, 2.75) is 12.1 Å². The van der Waals surface area contributed by atoms with Crippen LogP contribution in [0.5, 0.6) is 0 Å². The van der Waals surface area contributed by atoms with Gasteiger partial charge in [-0.1, -0.05) is 6.07 Å². The van der Waals surface area contributed by atoms with Crippen molar-refractivity contribution in [3.63, 3.8) is 0 Å². The summed E-state index contributed by atoms with van der Waals surface area (Å²) >= 11 is 0. The van der Waals surface area contributed by atoms with Crippen LogP contribution in [0.2, 0.25) is 0 Å². The molecule has 0 fully saturated rings. The van der Waals surface area contributed by atoms with Crippen LogP contribution in [0.15, 0.2) is 23.4 Å². The number of aromatic nitrogens is 2. The first-order chi connectivity index (χ1) is 6.47. The number of imidazole rings is 1. The molecule has 0 saturated carbocycles. The molecule has 1 aromatic carbocycles. The summed E-state index contributed by atoms with van der Waals surface area (Å²) < 4.78 is 22.4. The van der Waals surface area contributed by atoms with Gasteiger partial charge in [-0.2, -0.15) is 0 Å². The fraction of sp³-hybridized carbons (Fsp3) is 0.222. The molecular formula is C9H10N2O2S. The summed E-state index contributed by atoms with van der Waals surface area (Å²) in [5.74, 6) is 0. The Hall–Kier alpha value is -1.36. The Kier molecular flexibility index (Phi) is 1.85. The maximum absolute atomic E-state index is 11.2. The third-order valence-corrected chi connectivity index (χ3v) is 2.86. The summed E-state index contributed by atoms with van der Waals surface area (Å²) in [4.78, 5) is 6.76. The van der Waals surface area contributed by atoms with Gasteiger partial charge in [0, 0.05) is 6.26 Å². The van der Waals surface area contributed by atoms with Crippen LogP contribution in [0.25, 0.3) is 11.0 Å². The highest BCUT2D eigenvalue weighted by atomic mass is 32.2. The second-order valence-corrected chi connectivity index (χ2v) is 5.27. The van der Waals surface area contributed by atoms with Crippen LogP contribution in [0.3, 0.4) is 0 Å². The molecule has 0 spiro atoms. The van der Waals surface area contributed by atoms with E-state index in [4.69, 9.17) is 0 Å². The maximum atomic E-state index is 11.2. The monoisotopic (exact) mass is 210 g/mol. The highest BCUT2D eigenvalue weighted by molar-refractivity contribution is 7.90. The number of sulfone groups is 1. The van der Waals surface area contributed by atoms with E-state index >= 15 is 0 Å². The minimum Gasteiger partial charge on any atom is -0.329 e. The van der Waals surface area contributed by atoms with Crippen molar-refractivity contribution < 1.29 is 8.42 Å². The van der Waals surface area contributed by atoms with E-state index in [9.17, 15) is 8.42 Å². The summed E-state index contributed by atoms with van der Waals surface area (Å²) in [6.45, 7) is 1.94. The van der Waals surface area contributed by atoms with Crippen LogP contribution in [-0.2, 0) is 9.84 Å². The summed E-state index contributed by atoms with van der Waals surface area (Å²) in [5, 5.41) is 0.0260. The second kappa shape index (κ2) is 2.81. The third-order valence-electron chi connectivity index (χ3n) is 1.97. The van der Waals surface area contributed by atoms with Gasteiger partial charge in [-0.05, 0) is 24.6 Å². The molecule has 0 saturated heterocycles. The number of aryl methyl sites for hydroxylation is 1. The zero-order chi connectivity index (χ0) is 10.3. The molecule has 5 heteroatoms. The molecule has 4 nitrogen and oxygen atoms in total. The van der Waals surface area contributed by atoms with Gasteiger partial charge in [-0.3, -0.25) is 0 Å². The van der Waals surface area contributed by atoms with Crippen LogP contribution in [0.1, 0.15) is 5.56 Å². The second-order valence-electron chi connectivity index (χ2n) is 3.33. The molecule has 0 aliphatic heterocycles. The van der Waals surface area contributed by atoms with Crippen molar-refractivity contribution in [1.82, 2.24) is 9.97 Å². The average molecular weight is 210 g/mol. The lowest BCUT2D eigenvalue weighted by molar-refractivity contribution is 0.595. The van der Waals surface area contributed by atoms with Crippen LogP contribution < -0.4 is 0 Å². The van der Waals surface area contributed by atoms with E-state index < -0.39 is 9.84 Å². The Bertz CT molecular complexity index is 584. The molecule has 0 bridgehead atoms. The number of hydrogen-bond acceptors (Lipinski definition) is 3. The summed E-state index contributed by atoms with van der Waals surface area (Å²) in [5.41, 5.74) is 2.50. The van der Waals surface area contributed by atoms with E-state index in [0.717, 1.165) is 17.3 Å². The topological polar surface area (TPSA) is 62.8 Å². The largest absolute Gasteiger partial charge is 0.329 e. The predicted octanol–water partition coefficient (Wildman–Crippen LogP) is 1.27. The SMILES string of the molecule is Cc1ccc2nc(S(C)(=O)=O)[nH]c2c1. The van der Waals surface area contributed by atoms with Crippen LogP contribution in [0, 0.1) is 6.92 Å². The fourth-order valence-corrected chi connectivity index (χ4v) is 1.84. The molecule has 2 rings (SSSR count). The minimum atomic E-state index is -3.24. The number of fused-ring (bicyclic) bond motifs is 1. The normalized spacial score (nSPS) is 12.1. The number of hydrogen-bond donors (Lipinski definition) is 1. The van der Waals surface area contributed by atoms with Gasteiger partial charge in [-0.15, -0.1) is 0 Å². The first-order valence-corrected chi connectivity index (χ1v) is 6.02. The summed E-state index contributed by atoms with van der Waals surface area (Å²) in [7, 11) is -3.24. The molecular weight excluding hydrogens is 200 g/mol. The van der Waals surface area contributed by atoms with Crippen molar-refractivity contribution >= 4 is 20.9 Å². The third kappa shape index (κ3) is 1.50. The maximum Gasteiger partial charge on any atom is 0.225 e. The van der Waals surface area contributed by atoms with Gasteiger partial charge in [-0.25, -0.2) is 13.4 Å². The van der Waals surface area contributed by atoms with Gasteiger partial charge in [0.05, 0.1) is 11.0 Å². The lowest BCUT2D eigenvalue weighted by Gasteiger charge is -1.89. The number of nitrogens with one attached hydrogen (secondary N) is 1. The molecule has 0 radical (unpaired) electrons. The standard InChI is InChI=1S/C9H10N2O2S/c1-6-3-4-7-8(5-6)11-9(10-7)14(2,12)13/h3-5H,1-2H3,(H,10,11). The average Bonchev–Trinajstić information content (AvgIpc) is 2.45. The highest BCUT2D eigenvalue weighted by Gasteiger charge is 2.12. The Morgan fingerprint density at radius 1 is 1.36 bits per heavy atom. The Labute approximate surface area is 81.9 Å². The van der Waals surface area contributed by atoms with Crippen molar-refractivity contribution in [1.29, 1.82) is 0 Å². The Morgan fingerprint density at radius 3 is 2.71 bits per heavy atom. The van der Waals surface area contributed by atoms with Crippen LogP contribution in [-0.4, -0.2) is 24.6 Å². The number of H-pyrrole nitrogens is 1. The minimum absolute atomic E-state index is 0.0260. The van der Waals surface area contributed by atoms with Gasteiger partial charge in [0.25, 0.3) is 0 Å². The first-order valence-electron chi connectivity index (χ1n) is 4.13. The van der Waals surface area contributed by atoms with Gasteiger partial charge >= 0.3 is 0 Å². The van der Waals surface area contributed by atoms with Gasteiger partial charge in [0.1, 0.15) is 0 Å². The molecule has 0 aliphatic rings. The smallest absolute Gasteiger partial charge is 0.225 e. The molecule has 0 unspecified atom stereocenters. The van der Waals surface area contributed by atoms with E-state index in [2.05, 4.69) is 9.97 Å². The molecule has 1 N–H and O–H groups in total. The molecule has 0 aliphatic carbocycles. The fourth-order valence-electron chi connectivity index (χ4n) is 1.28. The Balaban J connectivity index is 2.75. The zero-order valence-electron chi connectivity index (χ0n) is 7.90. The molecule has 2 aromatic rings. The number of benzene rings is 1. The zero-order valence-corrected chi connectivity index (χ0v) is 8.72. The molecule has 1 heterocycles. The predicted molar refractivity (Wildman–Crippen MR) is 53.9 cm³/mol. The number of aromatic amines is 1. The molecule has 1 aromatic heterocycles. The van der Waals surface area contributed by atoms with E-state index in [1.807, 2.05) is 19.1 Å². The van der Waals surface area contributed by atoms with Gasteiger partial charge < -0.3 is 4.98 Å². The van der Waals surface area contributed by atoms with Gasteiger partial charge in [0.15, 0.2) is 0 Å². The van der Waals surface area contributed by atoms with E-state index in [0.29, 0.717) is 5.52 Å². The van der Waals surface area contributed by atoms with Crippen LogP contribution in [0.4, 0.5) is 0 Å². The van der Waals surface area contributed by atoms with Crippen LogP contribution >= 0.6 is 0 Å². The first kappa shape index (κ1) is 9.21. The highest BCUT2D eigenvalue weighted by Crippen LogP contribution is 2.15. The Morgan fingerprint density at radius 2 is 2.07 bits per heavy atom. The molecule has 0 amide bonds. The van der Waals surface area contributed by atoms with E-state index in [-0.39, 0.29) is 5.16 Å². The summed E-state index contributed by atoms with van der Waals surface area (Å²) in [6.07, 6.45) is 1.14. The van der Waals surface area contributed by atoms with Crippen molar-refractivity contribution in [2.75, 3.05) is 6.26 Å².